The molecule has 0 nitrogen and oxygen atoms in total. The van der Waals surface area contributed by atoms with E-state index in [0.29, 0.717) is 16.7 Å². The van der Waals surface area contributed by atoms with E-state index in [2.05, 4.69) is 53.7 Å². The third-order valence-electron chi connectivity index (χ3n) is 9.78. The highest BCUT2D eigenvalue weighted by Gasteiger charge is 2.74. The largest absolute Gasteiger partial charge is 0.0990 e. The van der Waals surface area contributed by atoms with Gasteiger partial charge in [0.25, 0.3) is 0 Å². The zero-order chi connectivity index (χ0) is 20.5. The molecular formula is C27H48. The first kappa shape index (κ1) is 22.8. The van der Waals surface area contributed by atoms with Gasteiger partial charge in [-0.25, -0.2) is 0 Å². The first-order valence-electron chi connectivity index (χ1n) is 12.1. The molecule has 0 aromatic heterocycles. The molecule has 156 valence electrons. The SMILES string of the molecule is C=C([C@H](C)C12CCC13CCC(C)C(CC)C3C2)[C@@](C)(CC)C/C=C/C.CC. The summed E-state index contributed by atoms with van der Waals surface area (Å²) in [6, 6.07) is 0. The summed E-state index contributed by atoms with van der Waals surface area (Å²) in [5.74, 6) is 3.66. The minimum Gasteiger partial charge on any atom is -0.0990 e. The molecule has 3 saturated carbocycles. The molecule has 0 N–H and O–H groups in total. The van der Waals surface area contributed by atoms with Crippen LogP contribution >= 0.6 is 0 Å². The van der Waals surface area contributed by atoms with E-state index in [1.807, 2.05) is 13.8 Å². The fourth-order valence-corrected chi connectivity index (χ4v) is 7.55. The smallest absolute Gasteiger partial charge is 0.00844 e. The minimum absolute atomic E-state index is 0.272. The van der Waals surface area contributed by atoms with Gasteiger partial charge in [-0.1, -0.05) is 79.2 Å². The molecule has 0 heteroatoms. The second-order valence-corrected chi connectivity index (χ2v) is 10.1. The third kappa shape index (κ3) is 3.18. The van der Waals surface area contributed by atoms with Gasteiger partial charge in [0.15, 0.2) is 0 Å². The van der Waals surface area contributed by atoms with Crippen LogP contribution in [0, 0.1) is 39.9 Å². The van der Waals surface area contributed by atoms with E-state index >= 15 is 0 Å². The second-order valence-electron chi connectivity index (χ2n) is 10.1. The predicted octanol–water partition coefficient (Wildman–Crippen LogP) is 8.83. The van der Waals surface area contributed by atoms with Crippen LogP contribution in [-0.4, -0.2) is 0 Å². The molecule has 0 aromatic rings. The van der Waals surface area contributed by atoms with E-state index in [-0.39, 0.29) is 5.41 Å². The van der Waals surface area contributed by atoms with Gasteiger partial charge in [-0.3, -0.25) is 0 Å². The standard InChI is InChI=1S/C25H42.C2H6/c1-8-11-13-23(7,10-3)19(5)20(6)25-16-15-24(25)14-12-18(4)21(9-2)22(24)17-25;1-2/h8,11,18,20-22H,5,9-10,12-17H2,1-4,6-7H3;1-2H3/b11-8+;/t18?,20-,21?,22?,23-,24?,25?;/m0./s1. The normalized spacial score (nSPS) is 40.4. The maximum absolute atomic E-state index is 4.72. The van der Waals surface area contributed by atoms with Crippen molar-refractivity contribution in [2.45, 2.75) is 107 Å². The molecule has 3 fully saturated rings. The number of rotatable bonds is 7. The highest BCUT2D eigenvalue weighted by molar-refractivity contribution is 5.29. The summed E-state index contributed by atoms with van der Waals surface area (Å²) in [6.07, 6.45) is 15.8. The molecule has 0 aliphatic heterocycles. The van der Waals surface area contributed by atoms with Crippen molar-refractivity contribution in [1.29, 1.82) is 0 Å². The molecule has 3 aliphatic rings. The molecule has 0 heterocycles. The van der Waals surface area contributed by atoms with Crippen LogP contribution in [0.3, 0.4) is 0 Å². The molecule has 1 spiro atoms. The van der Waals surface area contributed by atoms with Crippen LogP contribution in [0.25, 0.3) is 0 Å². The Kier molecular flexibility index (Phi) is 7.13. The first-order valence-corrected chi connectivity index (χ1v) is 12.1. The number of hydrogen-bond donors (Lipinski definition) is 0. The Morgan fingerprint density at radius 2 is 1.89 bits per heavy atom. The van der Waals surface area contributed by atoms with Crippen LogP contribution in [0.2, 0.25) is 0 Å². The van der Waals surface area contributed by atoms with Crippen molar-refractivity contribution in [3.8, 4) is 0 Å². The Morgan fingerprint density at radius 3 is 2.37 bits per heavy atom. The van der Waals surface area contributed by atoms with Gasteiger partial charge in [-0.05, 0) is 91.8 Å². The average Bonchev–Trinajstić information content (AvgIpc) is 2.69. The Morgan fingerprint density at radius 1 is 1.22 bits per heavy atom. The molecule has 5 unspecified atom stereocenters. The molecule has 0 bridgehead atoms. The van der Waals surface area contributed by atoms with Gasteiger partial charge in [0.2, 0.25) is 0 Å². The van der Waals surface area contributed by atoms with Gasteiger partial charge in [0, 0.05) is 0 Å². The zero-order valence-electron chi connectivity index (χ0n) is 19.8. The van der Waals surface area contributed by atoms with Crippen LogP contribution in [-0.2, 0) is 0 Å². The van der Waals surface area contributed by atoms with Crippen molar-refractivity contribution < 1.29 is 0 Å². The Labute approximate surface area is 171 Å². The van der Waals surface area contributed by atoms with Crippen LogP contribution < -0.4 is 0 Å². The van der Waals surface area contributed by atoms with Gasteiger partial charge in [-0.15, -0.1) is 0 Å². The van der Waals surface area contributed by atoms with Crippen molar-refractivity contribution in [3.63, 3.8) is 0 Å². The molecule has 0 aromatic carbocycles. The number of allylic oxidation sites excluding steroid dienone is 3. The lowest BCUT2D eigenvalue weighted by Crippen LogP contribution is -2.71. The van der Waals surface area contributed by atoms with Crippen molar-refractivity contribution in [1.82, 2.24) is 0 Å². The van der Waals surface area contributed by atoms with Crippen LogP contribution in [0.1, 0.15) is 107 Å². The van der Waals surface area contributed by atoms with Crippen molar-refractivity contribution in [2.75, 3.05) is 0 Å². The predicted molar refractivity (Wildman–Crippen MR) is 122 cm³/mol. The van der Waals surface area contributed by atoms with E-state index in [9.17, 15) is 0 Å². The summed E-state index contributed by atoms with van der Waals surface area (Å²) in [5.41, 5.74) is 3.12. The summed E-state index contributed by atoms with van der Waals surface area (Å²) in [6.45, 7) is 23.2. The van der Waals surface area contributed by atoms with Crippen LogP contribution in [0.4, 0.5) is 0 Å². The van der Waals surface area contributed by atoms with E-state index in [0.717, 1.165) is 24.2 Å². The zero-order valence-corrected chi connectivity index (χ0v) is 19.8. The molecule has 0 radical (unpaired) electrons. The summed E-state index contributed by atoms with van der Waals surface area (Å²) in [7, 11) is 0. The Balaban J connectivity index is 0.00000126. The van der Waals surface area contributed by atoms with Gasteiger partial charge < -0.3 is 0 Å². The van der Waals surface area contributed by atoms with Crippen molar-refractivity contribution in [2.24, 2.45) is 39.9 Å². The van der Waals surface area contributed by atoms with E-state index < -0.39 is 0 Å². The summed E-state index contributed by atoms with van der Waals surface area (Å²) in [5, 5.41) is 0. The lowest BCUT2D eigenvalue weighted by Gasteiger charge is -2.79. The molecule has 7 atom stereocenters. The monoisotopic (exact) mass is 372 g/mol. The third-order valence-corrected chi connectivity index (χ3v) is 9.78. The summed E-state index contributed by atoms with van der Waals surface area (Å²) >= 11 is 0. The van der Waals surface area contributed by atoms with E-state index in [4.69, 9.17) is 6.58 Å². The summed E-state index contributed by atoms with van der Waals surface area (Å²) < 4.78 is 0. The van der Waals surface area contributed by atoms with Gasteiger partial charge >= 0.3 is 0 Å². The lowest BCUT2D eigenvalue weighted by molar-refractivity contribution is -0.294. The van der Waals surface area contributed by atoms with Crippen molar-refractivity contribution >= 4 is 0 Å². The molecule has 3 aliphatic carbocycles. The van der Waals surface area contributed by atoms with E-state index in [1.165, 1.54) is 44.9 Å². The molecule has 0 amide bonds. The van der Waals surface area contributed by atoms with Gasteiger partial charge in [0.1, 0.15) is 0 Å². The molecule has 27 heavy (non-hydrogen) atoms. The fourth-order valence-electron chi connectivity index (χ4n) is 7.55. The minimum atomic E-state index is 0.272. The molecular weight excluding hydrogens is 324 g/mol. The van der Waals surface area contributed by atoms with Gasteiger partial charge in [-0.2, -0.15) is 0 Å². The van der Waals surface area contributed by atoms with Gasteiger partial charge in [0.05, 0.1) is 0 Å². The lowest BCUT2D eigenvalue weighted by atomic mass is 9.25. The van der Waals surface area contributed by atoms with Crippen LogP contribution in [0.5, 0.6) is 0 Å². The van der Waals surface area contributed by atoms with Crippen LogP contribution in [0.15, 0.2) is 24.3 Å². The highest BCUT2D eigenvalue weighted by Crippen LogP contribution is 2.82. The molecule has 3 rings (SSSR count). The second kappa shape index (κ2) is 8.46. The Bertz CT molecular complexity index is 542. The van der Waals surface area contributed by atoms with Crippen molar-refractivity contribution in [3.05, 3.63) is 24.3 Å². The topological polar surface area (TPSA) is 0 Å². The quantitative estimate of drug-likeness (QED) is 0.391. The molecule has 0 saturated heterocycles. The van der Waals surface area contributed by atoms with E-state index in [1.54, 1.807) is 5.57 Å². The average molecular weight is 373 g/mol. The maximum Gasteiger partial charge on any atom is -0.00844 e. The fraction of sp³-hybridized carbons (Fsp3) is 0.852. The number of hydrogen-bond acceptors (Lipinski definition) is 0. The summed E-state index contributed by atoms with van der Waals surface area (Å²) in [4.78, 5) is 0. The highest BCUT2D eigenvalue weighted by atomic mass is 14.8. The maximum atomic E-state index is 4.72. The Hall–Kier alpha value is -0.520. The first-order chi connectivity index (χ1) is 12.8.